The Morgan fingerprint density at radius 1 is 1.31 bits per heavy atom. The van der Waals surface area contributed by atoms with E-state index in [0.29, 0.717) is 48.9 Å². The molecule has 7 nitrogen and oxygen atoms in total. The third-order valence-corrected chi connectivity index (χ3v) is 4.95. The maximum absolute atomic E-state index is 12.5. The zero-order chi connectivity index (χ0) is 19.0. The number of carbonyl (C=O) groups is 2. The molecule has 0 radical (unpaired) electrons. The second-order valence-corrected chi connectivity index (χ2v) is 6.23. The molecule has 3 rings (SSSR count). The van der Waals surface area contributed by atoms with E-state index >= 15 is 0 Å². The molecule has 2 heterocycles. The van der Waals surface area contributed by atoms with E-state index < -0.39 is 5.63 Å². The van der Waals surface area contributed by atoms with Crippen LogP contribution in [0.1, 0.15) is 40.9 Å². The van der Waals surface area contributed by atoms with Gasteiger partial charge in [0.15, 0.2) is 23.4 Å². The number of aromatic hydroxyl groups is 1. The summed E-state index contributed by atoms with van der Waals surface area (Å²) < 4.78 is 10.8. The van der Waals surface area contributed by atoms with E-state index in [1.165, 1.54) is 0 Å². The minimum Gasteiger partial charge on any atom is -0.504 e. The molecule has 7 heteroatoms. The molecule has 0 saturated carbocycles. The fourth-order valence-electron chi connectivity index (χ4n) is 3.52. The molecule has 2 aromatic rings. The molecule has 0 fully saturated rings. The molecular formula is C19H21NO6. The van der Waals surface area contributed by atoms with Gasteiger partial charge in [0.25, 0.3) is 0 Å². The van der Waals surface area contributed by atoms with Crippen molar-refractivity contribution >= 4 is 23.2 Å². The van der Waals surface area contributed by atoms with Gasteiger partial charge in [-0.15, -0.1) is 0 Å². The monoisotopic (exact) mass is 359 g/mol. The zero-order valence-corrected chi connectivity index (χ0v) is 15.0. The average Bonchev–Trinajstić information content (AvgIpc) is 3.09. The van der Waals surface area contributed by atoms with Crippen LogP contribution < -0.4 is 10.4 Å². The fourth-order valence-corrected chi connectivity index (χ4v) is 3.52. The van der Waals surface area contributed by atoms with Crippen LogP contribution in [0.25, 0.3) is 11.0 Å². The average molecular weight is 359 g/mol. The largest absolute Gasteiger partial charge is 0.504 e. The fraction of sp³-hybridized carbons (Fsp3) is 0.421. The Kier molecular flexibility index (Phi) is 4.71. The lowest BCUT2D eigenvalue weighted by molar-refractivity contribution is -0.130. The molecule has 0 unspecified atom stereocenters. The Balaban J connectivity index is 2.25. The maximum atomic E-state index is 12.5. The lowest BCUT2D eigenvalue weighted by atomic mass is 9.95. The van der Waals surface area contributed by atoms with Crippen LogP contribution in [0.15, 0.2) is 9.21 Å². The summed E-state index contributed by atoms with van der Waals surface area (Å²) in [5.41, 5.74) is 0.816. The second-order valence-electron chi connectivity index (χ2n) is 6.23. The van der Waals surface area contributed by atoms with Gasteiger partial charge in [-0.1, -0.05) is 0 Å². The molecule has 138 valence electrons. The number of phenols is 1. The molecule has 0 saturated heterocycles. The Morgan fingerprint density at radius 2 is 2.00 bits per heavy atom. The summed E-state index contributed by atoms with van der Waals surface area (Å²) in [7, 11) is 0. The molecule has 1 N–H and O–H groups in total. The summed E-state index contributed by atoms with van der Waals surface area (Å²) in [4.78, 5) is 38.1. The van der Waals surface area contributed by atoms with Crippen LogP contribution in [0.5, 0.6) is 11.5 Å². The van der Waals surface area contributed by atoms with Gasteiger partial charge in [0.2, 0.25) is 5.91 Å². The molecule has 0 spiro atoms. The Labute approximate surface area is 150 Å². The van der Waals surface area contributed by atoms with Crippen LogP contribution in [0.3, 0.4) is 0 Å². The van der Waals surface area contributed by atoms with E-state index in [4.69, 9.17) is 9.15 Å². The van der Waals surface area contributed by atoms with Gasteiger partial charge >= 0.3 is 5.63 Å². The number of likely N-dealkylation sites (N-methyl/N-ethyl adjacent to an activating group) is 1. The van der Waals surface area contributed by atoms with E-state index in [0.717, 1.165) is 0 Å². The minimum absolute atomic E-state index is 0.0447. The number of fused-ring (bicyclic) bond motifs is 3. The third-order valence-electron chi connectivity index (χ3n) is 4.95. The number of hydrogen-bond acceptors (Lipinski definition) is 6. The van der Waals surface area contributed by atoms with E-state index in [1.807, 2.05) is 13.8 Å². The topological polar surface area (TPSA) is 97.0 Å². The number of ether oxygens (including phenoxy) is 1. The number of rotatable bonds is 5. The highest BCUT2D eigenvalue weighted by Gasteiger charge is 2.29. The summed E-state index contributed by atoms with van der Waals surface area (Å²) in [6.07, 6.45) is 0.901. The third kappa shape index (κ3) is 2.64. The van der Waals surface area contributed by atoms with Crippen LogP contribution in [-0.4, -0.2) is 41.9 Å². The number of amides is 1. The highest BCUT2D eigenvalue weighted by Crippen LogP contribution is 2.44. The number of aryl methyl sites for hydroxylation is 1. The van der Waals surface area contributed by atoms with Gasteiger partial charge in [0.05, 0.1) is 18.6 Å². The highest BCUT2D eigenvalue weighted by molar-refractivity contribution is 6.03. The molecule has 0 atom stereocenters. The van der Waals surface area contributed by atoms with Crippen molar-refractivity contribution < 1.29 is 23.8 Å². The molecule has 0 aliphatic carbocycles. The number of nitrogens with zero attached hydrogens (tertiary/aromatic N) is 1. The van der Waals surface area contributed by atoms with Crippen molar-refractivity contribution in [2.75, 3.05) is 19.7 Å². The van der Waals surface area contributed by atoms with Gasteiger partial charge in [-0.05, 0) is 26.3 Å². The first kappa shape index (κ1) is 18.0. The van der Waals surface area contributed by atoms with Crippen molar-refractivity contribution in [3.05, 3.63) is 32.7 Å². The van der Waals surface area contributed by atoms with Crippen LogP contribution in [-0.2, 0) is 17.6 Å². The van der Waals surface area contributed by atoms with E-state index in [9.17, 15) is 19.5 Å². The highest BCUT2D eigenvalue weighted by atomic mass is 16.5. The van der Waals surface area contributed by atoms with Crippen molar-refractivity contribution in [2.45, 2.75) is 33.6 Å². The summed E-state index contributed by atoms with van der Waals surface area (Å²) in [6.45, 7) is 6.96. The standard InChI is InChI=1S/C19H21NO6/c1-4-20(5-2)14(22)8-12-10(3)15-11-6-7-25-18(11)16(23)13(9-21)17(15)26-19(12)24/h9,23H,4-8H2,1-3H3. The van der Waals surface area contributed by atoms with Crippen LogP contribution in [0, 0.1) is 6.92 Å². The quantitative estimate of drug-likeness (QED) is 0.647. The Bertz CT molecular complexity index is 955. The molecule has 0 bridgehead atoms. The maximum Gasteiger partial charge on any atom is 0.340 e. The molecule has 1 amide bonds. The predicted octanol–water partition coefficient (Wildman–Crippen LogP) is 1.97. The molecule has 26 heavy (non-hydrogen) atoms. The van der Waals surface area contributed by atoms with Crippen LogP contribution in [0.2, 0.25) is 0 Å². The molecule has 1 aromatic carbocycles. The first-order valence-electron chi connectivity index (χ1n) is 8.64. The van der Waals surface area contributed by atoms with Gasteiger partial charge in [-0.3, -0.25) is 9.59 Å². The van der Waals surface area contributed by atoms with Crippen molar-refractivity contribution in [1.82, 2.24) is 4.90 Å². The van der Waals surface area contributed by atoms with Gasteiger partial charge in [-0.25, -0.2) is 4.79 Å². The Morgan fingerprint density at radius 3 is 2.62 bits per heavy atom. The SMILES string of the molecule is CCN(CC)C(=O)Cc1c(C)c2c3c(c(O)c(C=O)c2oc1=O)OCC3. The number of benzene rings is 1. The number of aldehydes is 1. The van der Waals surface area contributed by atoms with E-state index in [2.05, 4.69) is 0 Å². The lowest BCUT2D eigenvalue weighted by Crippen LogP contribution is -2.33. The second kappa shape index (κ2) is 6.82. The number of hydrogen-bond donors (Lipinski definition) is 1. The van der Waals surface area contributed by atoms with Gasteiger partial charge < -0.3 is 19.2 Å². The molecular weight excluding hydrogens is 338 g/mol. The van der Waals surface area contributed by atoms with Gasteiger partial charge in [0.1, 0.15) is 5.56 Å². The van der Waals surface area contributed by atoms with Crippen molar-refractivity contribution in [2.24, 2.45) is 0 Å². The van der Waals surface area contributed by atoms with Crippen molar-refractivity contribution in [1.29, 1.82) is 0 Å². The normalized spacial score (nSPS) is 12.7. The molecule has 1 aliphatic heterocycles. The molecule has 1 aliphatic rings. The first-order chi connectivity index (χ1) is 12.4. The summed E-state index contributed by atoms with van der Waals surface area (Å²) >= 11 is 0. The summed E-state index contributed by atoms with van der Waals surface area (Å²) in [5, 5.41) is 10.8. The minimum atomic E-state index is -0.670. The van der Waals surface area contributed by atoms with E-state index in [-0.39, 0.29) is 40.5 Å². The van der Waals surface area contributed by atoms with Crippen LogP contribution >= 0.6 is 0 Å². The summed E-state index contributed by atoms with van der Waals surface area (Å²) in [5.74, 6) is -0.223. The lowest BCUT2D eigenvalue weighted by Gasteiger charge is -2.19. The first-order valence-corrected chi connectivity index (χ1v) is 8.64. The zero-order valence-electron chi connectivity index (χ0n) is 15.0. The summed E-state index contributed by atoms with van der Waals surface area (Å²) in [6, 6.07) is 0. The van der Waals surface area contributed by atoms with Crippen LogP contribution in [0.4, 0.5) is 0 Å². The van der Waals surface area contributed by atoms with Gasteiger partial charge in [-0.2, -0.15) is 0 Å². The van der Waals surface area contributed by atoms with Crippen molar-refractivity contribution in [3.8, 4) is 11.5 Å². The van der Waals surface area contributed by atoms with Crippen molar-refractivity contribution in [3.63, 3.8) is 0 Å². The number of phenolic OH excluding ortho intramolecular Hbond substituents is 1. The van der Waals surface area contributed by atoms with E-state index in [1.54, 1.807) is 11.8 Å². The van der Waals surface area contributed by atoms with Gasteiger partial charge in [0, 0.05) is 30.5 Å². The molecule has 1 aromatic heterocycles. The smallest absolute Gasteiger partial charge is 0.340 e. The predicted molar refractivity (Wildman–Crippen MR) is 95.1 cm³/mol. The Hall–Kier alpha value is -2.83. The number of carbonyl (C=O) groups excluding carboxylic acids is 2.